The van der Waals surface area contributed by atoms with Crippen LogP contribution in [-0.2, 0) is 18.4 Å². The molecule has 6 nitrogen and oxygen atoms in total. The molecule has 0 atom stereocenters. The third kappa shape index (κ3) is 3.13. The van der Waals surface area contributed by atoms with Gasteiger partial charge in [-0.1, -0.05) is 24.3 Å². The zero-order chi connectivity index (χ0) is 17.4. The average Bonchev–Trinajstić information content (AvgIpc) is 3.43. The maximum absolute atomic E-state index is 12.5. The largest absolute Gasteiger partial charge is 0.380 e. The first kappa shape index (κ1) is 15.8. The number of aromatic nitrogens is 3. The van der Waals surface area contributed by atoms with E-state index in [1.165, 1.54) is 4.57 Å². The van der Waals surface area contributed by atoms with Crippen molar-refractivity contribution in [1.29, 1.82) is 0 Å². The van der Waals surface area contributed by atoms with E-state index in [-0.39, 0.29) is 5.56 Å². The number of hydrogen-bond acceptors (Lipinski definition) is 5. The molecular weight excluding hydrogens is 316 g/mol. The van der Waals surface area contributed by atoms with Crippen LogP contribution in [-0.4, -0.2) is 27.7 Å². The van der Waals surface area contributed by atoms with Gasteiger partial charge in [-0.15, -0.1) is 0 Å². The predicted molar refractivity (Wildman–Crippen MR) is 97.6 cm³/mol. The van der Waals surface area contributed by atoms with Gasteiger partial charge in [0.15, 0.2) is 0 Å². The summed E-state index contributed by atoms with van der Waals surface area (Å²) in [6.45, 7) is 0.581. The Kier molecular flexibility index (Phi) is 3.97. The van der Waals surface area contributed by atoms with E-state index in [4.69, 9.17) is 9.72 Å². The first-order valence-electron chi connectivity index (χ1n) is 8.37. The van der Waals surface area contributed by atoms with Crippen molar-refractivity contribution < 1.29 is 4.74 Å². The lowest BCUT2D eigenvalue weighted by molar-refractivity contribution is 0.185. The number of nitrogens with one attached hydrogen (secondary N) is 1. The third-order valence-corrected chi connectivity index (χ3v) is 4.38. The Hall–Kier alpha value is -2.73. The van der Waals surface area contributed by atoms with Crippen molar-refractivity contribution in [2.24, 2.45) is 7.05 Å². The fourth-order valence-electron chi connectivity index (χ4n) is 2.83. The van der Waals surface area contributed by atoms with Crippen molar-refractivity contribution in [1.82, 2.24) is 14.5 Å². The Bertz CT molecular complexity index is 975. The minimum Gasteiger partial charge on any atom is -0.380 e. The second-order valence-electron chi connectivity index (χ2n) is 6.46. The molecule has 6 heteroatoms. The van der Waals surface area contributed by atoms with Crippen molar-refractivity contribution in [2.75, 3.05) is 12.4 Å². The monoisotopic (exact) mass is 336 g/mol. The third-order valence-electron chi connectivity index (χ3n) is 4.38. The highest BCUT2D eigenvalue weighted by Crippen LogP contribution is 2.29. The number of methoxy groups -OCH3 is 1. The summed E-state index contributed by atoms with van der Waals surface area (Å²) in [6.07, 6.45) is 3.77. The van der Waals surface area contributed by atoms with Crippen LogP contribution in [0, 0.1) is 0 Å². The number of nitrogens with zero attached hydrogens (tertiary/aromatic N) is 3. The Morgan fingerprint density at radius 2 is 2.04 bits per heavy atom. The van der Waals surface area contributed by atoms with Gasteiger partial charge in [0.2, 0.25) is 0 Å². The van der Waals surface area contributed by atoms with E-state index in [9.17, 15) is 4.79 Å². The van der Waals surface area contributed by atoms with Crippen LogP contribution in [0.25, 0.3) is 22.2 Å². The van der Waals surface area contributed by atoms with Crippen LogP contribution < -0.4 is 10.9 Å². The summed E-state index contributed by atoms with van der Waals surface area (Å²) >= 11 is 0. The van der Waals surface area contributed by atoms with Crippen molar-refractivity contribution in [3.05, 3.63) is 52.6 Å². The Labute approximate surface area is 145 Å². The average molecular weight is 336 g/mol. The number of fused-ring (bicyclic) bond motifs is 1. The number of benzene rings is 1. The molecule has 0 saturated heterocycles. The molecule has 0 radical (unpaired) electrons. The van der Waals surface area contributed by atoms with Gasteiger partial charge < -0.3 is 14.6 Å². The SMILES string of the molecule is COCc1ccc(-c2cc3ncn(C)c(=O)c3c(NC3CC3)n2)cc1. The van der Waals surface area contributed by atoms with Crippen molar-refractivity contribution in [3.8, 4) is 11.3 Å². The van der Waals surface area contributed by atoms with Crippen molar-refractivity contribution >= 4 is 16.7 Å². The molecule has 2 heterocycles. The van der Waals surface area contributed by atoms with Crippen LogP contribution in [0.4, 0.5) is 5.82 Å². The molecule has 1 N–H and O–H groups in total. The van der Waals surface area contributed by atoms with E-state index in [1.807, 2.05) is 30.3 Å². The lowest BCUT2D eigenvalue weighted by Gasteiger charge is -2.11. The first-order valence-corrected chi connectivity index (χ1v) is 8.37. The van der Waals surface area contributed by atoms with Crippen molar-refractivity contribution in [3.63, 3.8) is 0 Å². The molecule has 0 spiro atoms. The molecule has 0 unspecified atom stereocenters. The van der Waals surface area contributed by atoms with Crippen molar-refractivity contribution in [2.45, 2.75) is 25.5 Å². The summed E-state index contributed by atoms with van der Waals surface area (Å²) in [5, 5.41) is 3.94. The minimum atomic E-state index is -0.0809. The minimum absolute atomic E-state index is 0.0809. The molecule has 4 rings (SSSR count). The molecular formula is C19H20N4O2. The topological polar surface area (TPSA) is 69.0 Å². The standard InChI is InChI=1S/C19H20N4O2/c1-23-11-20-16-9-15(13-5-3-12(4-6-13)10-25-2)22-18(17(16)19(23)24)21-14-7-8-14/h3-6,9,11,14H,7-8,10H2,1-2H3,(H,21,22). The number of ether oxygens (including phenoxy) is 1. The van der Waals surface area contributed by atoms with Crippen LogP contribution in [0.1, 0.15) is 18.4 Å². The molecule has 0 bridgehead atoms. The van der Waals surface area contributed by atoms with E-state index in [0.29, 0.717) is 29.4 Å². The summed E-state index contributed by atoms with van der Waals surface area (Å²) < 4.78 is 6.64. The summed E-state index contributed by atoms with van der Waals surface area (Å²) in [4.78, 5) is 21.7. The lowest BCUT2D eigenvalue weighted by Crippen LogP contribution is -2.19. The zero-order valence-electron chi connectivity index (χ0n) is 14.3. The van der Waals surface area contributed by atoms with Gasteiger partial charge in [-0.3, -0.25) is 4.79 Å². The zero-order valence-corrected chi connectivity index (χ0v) is 14.3. The second kappa shape index (κ2) is 6.29. The van der Waals surface area contributed by atoms with Gasteiger partial charge >= 0.3 is 0 Å². The Morgan fingerprint density at radius 1 is 1.28 bits per heavy atom. The van der Waals surface area contributed by atoms with Gasteiger partial charge in [0.25, 0.3) is 5.56 Å². The van der Waals surface area contributed by atoms with E-state index in [0.717, 1.165) is 29.7 Å². The molecule has 25 heavy (non-hydrogen) atoms. The second-order valence-corrected chi connectivity index (χ2v) is 6.46. The quantitative estimate of drug-likeness (QED) is 0.776. The maximum atomic E-state index is 12.5. The molecule has 1 saturated carbocycles. The number of aryl methyl sites for hydroxylation is 1. The highest BCUT2D eigenvalue weighted by Gasteiger charge is 2.24. The first-order chi connectivity index (χ1) is 12.2. The van der Waals surface area contributed by atoms with Gasteiger partial charge in [-0.25, -0.2) is 9.97 Å². The number of rotatable bonds is 5. The number of hydrogen-bond donors (Lipinski definition) is 1. The lowest BCUT2D eigenvalue weighted by atomic mass is 10.1. The maximum Gasteiger partial charge on any atom is 0.264 e. The summed E-state index contributed by atoms with van der Waals surface area (Å²) in [6, 6.07) is 10.4. The molecule has 1 aliphatic rings. The van der Waals surface area contributed by atoms with E-state index >= 15 is 0 Å². The van der Waals surface area contributed by atoms with Crippen LogP contribution in [0.2, 0.25) is 0 Å². The number of pyridine rings is 1. The van der Waals surface area contributed by atoms with Gasteiger partial charge in [-0.2, -0.15) is 0 Å². The highest BCUT2D eigenvalue weighted by molar-refractivity contribution is 5.91. The predicted octanol–water partition coefficient (Wildman–Crippen LogP) is 2.72. The molecule has 128 valence electrons. The highest BCUT2D eigenvalue weighted by atomic mass is 16.5. The van der Waals surface area contributed by atoms with E-state index in [2.05, 4.69) is 10.3 Å². The van der Waals surface area contributed by atoms with Gasteiger partial charge in [0, 0.05) is 25.8 Å². The number of anilines is 1. The Morgan fingerprint density at radius 3 is 2.72 bits per heavy atom. The fraction of sp³-hybridized carbons (Fsp3) is 0.316. The molecule has 1 aliphatic carbocycles. The van der Waals surface area contributed by atoms with E-state index < -0.39 is 0 Å². The van der Waals surface area contributed by atoms with Crippen LogP contribution in [0.15, 0.2) is 41.5 Å². The molecule has 0 amide bonds. The smallest absolute Gasteiger partial charge is 0.264 e. The summed E-state index contributed by atoms with van der Waals surface area (Å²) in [5.74, 6) is 0.629. The molecule has 3 aromatic rings. The van der Waals surface area contributed by atoms with Gasteiger partial charge in [0.05, 0.1) is 24.1 Å². The van der Waals surface area contributed by atoms with Gasteiger partial charge in [0.1, 0.15) is 11.2 Å². The summed E-state index contributed by atoms with van der Waals surface area (Å²) in [7, 11) is 3.39. The Balaban J connectivity index is 1.84. The van der Waals surface area contributed by atoms with Crippen LogP contribution in [0.5, 0.6) is 0 Å². The van der Waals surface area contributed by atoms with E-state index in [1.54, 1.807) is 20.5 Å². The molecule has 0 aliphatic heterocycles. The fourth-order valence-corrected chi connectivity index (χ4v) is 2.83. The normalized spacial score (nSPS) is 14.0. The molecule has 1 fully saturated rings. The molecule has 1 aromatic carbocycles. The van der Waals surface area contributed by atoms with Crippen LogP contribution >= 0.6 is 0 Å². The van der Waals surface area contributed by atoms with Gasteiger partial charge in [-0.05, 0) is 24.5 Å². The van der Waals surface area contributed by atoms with Crippen LogP contribution in [0.3, 0.4) is 0 Å². The molecule has 2 aromatic heterocycles. The summed E-state index contributed by atoms with van der Waals surface area (Å²) in [5.41, 5.74) is 3.48.